The van der Waals surface area contributed by atoms with Crippen molar-refractivity contribution in [3.05, 3.63) is 0 Å². The molecule has 1 unspecified atom stereocenters. The molecular formula is C13H28O2. The van der Waals surface area contributed by atoms with Crippen LogP contribution >= 0.6 is 0 Å². The maximum Gasteiger partial charge on any atom is 0.0541 e. The van der Waals surface area contributed by atoms with Crippen molar-refractivity contribution in [1.29, 1.82) is 0 Å². The highest BCUT2D eigenvalue weighted by Crippen LogP contribution is 2.11. The molecule has 0 saturated heterocycles. The van der Waals surface area contributed by atoms with Gasteiger partial charge in [-0.2, -0.15) is 0 Å². The van der Waals surface area contributed by atoms with Gasteiger partial charge in [0.25, 0.3) is 0 Å². The van der Waals surface area contributed by atoms with Gasteiger partial charge in [-0.1, -0.05) is 51.9 Å². The van der Waals surface area contributed by atoms with Gasteiger partial charge in [-0.15, -0.1) is 0 Å². The molecule has 0 aliphatic rings. The molecule has 92 valence electrons. The second-order valence-corrected chi connectivity index (χ2v) is 4.43. The number of aliphatic hydroxyl groups excluding tert-OH is 2. The van der Waals surface area contributed by atoms with Gasteiger partial charge in [0.1, 0.15) is 0 Å². The lowest BCUT2D eigenvalue weighted by Crippen LogP contribution is -2.06. The first-order chi connectivity index (χ1) is 7.31. The standard InChI is InChI=1S/C13H28O2/c1-2-3-4-5-6-7-8-10-13(15)11-9-12-14/h13-15H,2-12H2,1H3. The quantitative estimate of drug-likeness (QED) is 0.520. The van der Waals surface area contributed by atoms with Gasteiger partial charge in [0, 0.05) is 6.61 Å². The Morgan fingerprint density at radius 2 is 1.33 bits per heavy atom. The first kappa shape index (κ1) is 14.9. The molecule has 15 heavy (non-hydrogen) atoms. The molecule has 2 nitrogen and oxygen atoms in total. The lowest BCUT2D eigenvalue weighted by Gasteiger charge is -2.08. The number of rotatable bonds is 11. The van der Waals surface area contributed by atoms with E-state index in [1.165, 1.54) is 38.5 Å². The van der Waals surface area contributed by atoms with Gasteiger partial charge in [0.2, 0.25) is 0 Å². The van der Waals surface area contributed by atoms with E-state index in [2.05, 4.69) is 6.92 Å². The molecule has 0 aromatic carbocycles. The highest BCUT2D eigenvalue weighted by atomic mass is 16.3. The third-order valence-corrected chi connectivity index (χ3v) is 2.84. The van der Waals surface area contributed by atoms with Crippen LogP contribution in [0.1, 0.15) is 71.1 Å². The molecule has 0 radical (unpaired) electrons. The van der Waals surface area contributed by atoms with E-state index in [4.69, 9.17) is 5.11 Å². The molecule has 0 fully saturated rings. The molecule has 0 aromatic rings. The highest BCUT2D eigenvalue weighted by molar-refractivity contribution is 4.56. The number of hydrogen-bond donors (Lipinski definition) is 2. The fraction of sp³-hybridized carbons (Fsp3) is 1.00. The Bertz CT molecular complexity index is 115. The van der Waals surface area contributed by atoms with Gasteiger partial charge >= 0.3 is 0 Å². The van der Waals surface area contributed by atoms with Crippen LogP contribution < -0.4 is 0 Å². The summed E-state index contributed by atoms with van der Waals surface area (Å²) in [6.45, 7) is 2.44. The van der Waals surface area contributed by atoms with Crippen molar-refractivity contribution in [2.75, 3.05) is 6.61 Å². The van der Waals surface area contributed by atoms with Gasteiger partial charge in [-0.05, 0) is 19.3 Å². The van der Waals surface area contributed by atoms with Gasteiger partial charge in [0.05, 0.1) is 6.10 Å². The zero-order chi connectivity index (χ0) is 11.4. The monoisotopic (exact) mass is 216 g/mol. The molecule has 0 saturated carbocycles. The zero-order valence-electron chi connectivity index (χ0n) is 10.2. The van der Waals surface area contributed by atoms with Crippen LogP contribution in [0.2, 0.25) is 0 Å². The maximum atomic E-state index is 9.51. The Morgan fingerprint density at radius 3 is 1.93 bits per heavy atom. The van der Waals surface area contributed by atoms with Crippen LogP contribution in [0.3, 0.4) is 0 Å². The van der Waals surface area contributed by atoms with E-state index in [9.17, 15) is 5.11 Å². The molecule has 0 rings (SSSR count). The highest BCUT2D eigenvalue weighted by Gasteiger charge is 2.02. The number of hydrogen-bond acceptors (Lipinski definition) is 2. The molecule has 2 heteroatoms. The zero-order valence-corrected chi connectivity index (χ0v) is 10.2. The van der Waals surface area contributed by atoms with E-state index < -0.39 is 0 Å². The minimum Gasteiger partial charge on any atom is -0.396 e. The first-order valence-electron chi connectivity index (χ1n) is 6.60. The van der Waals surface area contributed by atoms with Crippen molar-refractivity contribution in [3.8, 4) is 0 Å². The van der Waals surface area contributed by atoms with Gasteiger partial charge in [-0.25, -0.2) is 0 Å². The SMILES string of the molecule is CCCCCCCCCC(O)CCCO. The molecule has 0 bridgehead atoms. The summed E-state index contributed by atoms with van der Waals surface area (Å²) in [5.41, 5.74) is 0. The molecule has 0 aliphatic heterocycles. The van der Waals surface area contributed by atoms with E-state index in [0.29, 0.717) is 0 Å². The summed E-state index contributed by atoms with van der Waals surface area (Å²) >= 11 is 0. The Labute approximate surface area is 94.7 Å². The Kier molecular flexibility index (Phi) is 11.9. The smallest absolute Gasteiger partial charge is 0.0541 e. The topological polar surface area (TPSA) is 40.5 Å². The Balaban J connectivity index is 3.02. The second kappa shape index (κ2) is 12.0. The van der Waals surface area contributed by atoms with Crippen LogP contribution in [0.5, 0.6) is 0 Å². The average molecular weight is 216 g/mol. The van der Waals surface area contributed by atoms with E-state index >= 15 is 0 Å². The second-order valence-electron chi connectivity index (χ2n) is 4.43. The molecule has 2 N–H and O–H groups in total. The molecular weight excluding hydrogens is 188 g/mol. The summed E-state index contributed by atoms with van der Waals surface area (Å²) in [4.78, 5) is 0. The minimum atomic E-state index is -0.187. The summed E-state index contributed by atoms with van der Waals surface area (Å²) < 4.78 is 0. The molecule has 1 atom stereocenters. The van der Waals surface area contributed by atoms with Crippen LogP contribution in [0, 0.1) is 0 Å². The van der Waals surface area contributed by atoms with Crippen molar-refractivity contribution < 1.29 is 10.2 Å². The predicted octanol–water partition coefficient (Wildman–Crippen LogP) is 3.26. The summed E-state index contributed by atoms with van der Waals surface area (Å²) in [5, 5.41) is 18.1. The lowest BCUT2D eigenvalue weighted by atomic mass is 10.0. The summed E-state index contributed by atoms with van der Waals surface area (Å²) in [6.07, 6.45) is 11.3. The molecule has 0 heterocycles. The maximum absolute atomic E-state index is 9.51. The van der Waals surface area contributed by atoms with E-state index in [0.717, 1.165) is 25.7 Å². The predicted molar refractivity (Wildman–Crippen MR) is 64.9 cm³/mol. The number of unbranched alkanes of at least 4 members (excludes halogenated alkanes) is 6. The van der Waals surface area contributed by atoms with Crippen LogP contribution in [0.25, 0.3) is 0 Å². The normalized spacial score (nSPS) is 13.0. The summed E-state index contributed by atoms with van der Waals surface area (Å²) in [5.74, 6) is 0. The lowest BCUT2D eigenvalue weighted by molar-refractivity contribution is 0.138. The van der Waals surface area contributed by atoms with Crippen LogP contribution in [-0.4, -0.2) is 22.9 Å². The average Bonchev–Trinajstić information content (AvgIpc) is 2.25. The first-order valence-corrected chi connectivity index (χ1v) is 6.60. The summed E-state index contributed by atoms with van der Waals surface area (Å²) in [6, 6.07) is 0. The van der Waals surface area contributed by atoms with Crippen molar-refractivity contribution in [2.45, 2.75) is 77.2 Å². The van der Waals surface area contributed by atoms with E-state index in [1.54, 1.807) is 0 Å². The number of aliphatic hydroxyl groups is 2. The molecule has 0 aliphatic carbocycles. The van der Waals surface area contributed by atoms with Gasteiger partial charge < -0.3 is 10.2 Å². The van der Waals surface area contributed by atoms with Crippen molar-refractivity contribution in [2.24, 2.45) is 0 Å². The van der Waals surface area contributed by atoms with Crippen molar-refractivity contribution in [1.82, 2.24) is 0 Å². The fourth-order valence-electron chi connectivity index (χ4n) is 1.81. The third kappa shape index (κ3) is 11.8. The Hall–Kier alpha value is -0.0800. The third-order valence-electron chi connectivity index (χ3n) is 2.84. The van der Waals surface area contributed by atoms with E-state index in [-0.39, 0.29) is 12.7 Å². The fourth-order valence-corrected chi connectivity index (χ4v) is 1.81. The molecule has 0 aromatic heterocycles. The minimum absolute atomic E-state index is 0.187. The van der Waals surface area contributed by atoms with Gasteiger partial charge in [0.15, 0.2) is 0 Å². The van der Waals surface area contributed by atoms with Crippen molar-refractivity contribution >= 4 is 0 Å². The van der Waals surface area contributed by atoms with Crippen LogP contribution in [0.4, 0.5) is 0 Å². The van der Waals surface area contributed by atoms with Crippen LogP contribution in [-0.2, 0) is 0 Å². The summed E-state index contributed by atoms with van der Waals surface area (Å²) in [7, 11) is 0. The van der Waals surface area contributed by atoms with Gasteiger partial charge in [-0.3, -0.25) is 0 Å². The van der Waals surface area contributed by atoms with E-state index in [1.807, 2.05) is 0 Å². The van der Waals surface area contributed by atoms with Crippen molar-refractivity contribution in [3.63, 3.8) is 0 Å². The largest absolute Gasteiger partial charge is 0.396 e. The molecule has 0 amide bonds. The Morgan fingerprint density at radius 1 is 0.800 bits per heavy atom. The molecule has 0 spiro atoms. The van der Waals surface area contributed by atoms with Crippen LogP contribution in [0.15, 0.2) is 0 Å².